The first-order chi connectivity index (χ1) is 14.3. The van der Waals surface area contributed by atoms with Gasteiger partial charge < -0.3 is 21.7 Å². The fourth-order valence-corrected chi connectivity index (χ4v) is 3.57. The lowest BCUT2D eigenvalue weighted by Gasteiger charge is -2.27. The predicted octanol–water partition coefficient (Wildman–Crippen LogP) is 2.31. The summed E-state index contributed by atoms with van der Waals surface area (Å²) in [4.78, 5) is 33.9. The van der Waals surface area contributed by atoms with Gasteiger partial charge in [-0.25, -0.2) is 9.37 Å². The minimum atomic E-state index is -0.833. The molecule has 2 amide bonds. The summed E-state index contributed by atoms with van der Waals surface area (Å²) in [5.74, 6) is -2.10. The number of benzene rings is 1. The molecule has 2 aromatic heterocycles. The van der Waals surface area contributed by atoms with Crippen molar-refractivity contribution in [1.82, 2.24) is 9.97 Å². The number of pyridine rings is 2. The number of amides is 2. The van der Waals surface area contributed by atoms with Crippen molar-refractivity contribution in [3.8, 4) is 0 Å². The number of likely N-dealkylation sites (N-methyl/N-ethyl adjacent to an activating group) is 1. The molecule has 3 aromatic rings. The Morgan fingerprint density at radius 1 is 1.23 bits per heavy atom. The van der Waals surface area contributed by atoms with Crippen LogP contribution in [0.1, 0.15) is 23.2 Å². The average molecular weight is 408 g/mol. The van der Waals surface area contributed by atoms with Crippen molar-refractivity contribution in [1.29, 1.82) is 0 Å². The van der Waals surface area contributed by atoms with Crippen LogP contribution in [0, 0.1) is 11.7 Å². The Morgan fingerprint density at radius 3 is 2.63 bits per heavy atom. The summed E-state index contributed by atoms with van der Waals surface area (Å²) in [7, 11) is 1.56. The quantitative estimate of drug-likeness (QED) is 0.551. The predicted molar refractivity (Wildman–Crippen MR) is 112 cm³/mol. The smallest absolute Gasteiger partial charge is 0.252 e. The van der Waals surface area contributed by atoms with Gasteiger partial charge in [0.05, 0.1) is 23.0 Å². The second-order valence-electron chi connectivity index (χ2n) is 7.39. The SMILES string of the molecule is CN(c1nc(Nc2cnc3ccccc3c2)c(C(N)=O)cc1F)[C@@H](C(N)=O)C1CC1. The molecule has 154 valence electrons. The lowest BCUT2D eigenvalue weighted by Crippen LogP contribution is -2.45. The van der Waals surface area contributed by atoms with Gasteiger partial charge in [-0.15, -0.1) is 0 Å². The van der Waals surface area contributed by atoms with Gasteiger partial charge in [0.25, 0.3) is 5.91 Å². The van der Waals surface area contributed by atoms with Crippen LogP contribution in [0.4, 0.5) is 21.7 Å². The van der Waals surface area contributed by atoms with Crippen molar-refractivity contribution in [2.75, 3.05) is 17.3 Å². The van der Waals surface area contributed by atoms with Gasteiger partial charge in [-0.2, -0.15) is 0 Å². The summed E-state index contributed by atoms with van der Waals surface area (Å²) in [6, 6.07) is 9.70. The zero-order valence-corrected chi connectivity index (χ0v) is 16.3. The van der Waals surface area contributed by atoms with Crippen LogP contribution in [-0.2, 0) is 4.79 Å². The Morgan fingerprint density at radius 2 is 1.97 bits per heavy atom. The van der Waals surface area contributed by atoms with E-state index in [1.165, 1.54) is 4.90 Å². The highest BCUT2D eigenvalue weighted by Crippen LogP contribution is 2.37. The molecule has 30 heavy (non-hydrogen) atoms. The number of hydrogen-bond acceptors (Lipinski definition) is 6. The fourth-order valence-electron chi connectivity index (χ4n) is 3.57. The lowest BCUT2D eigenvalue weighted by atomic mass is 10.1. The number of para-hydroxylation sites is 1. The van der Waals surface area contributed by atoms with E-state index in [2.05, 4.69) is 15.3 Å². The number of carbonyl (C=O) groups is 2. The number of hydrogen-bond donors (Lipinski definition) is 3. The van der Waals surface area contributed by atoms with Crippen LogP contribution in [0.15, 0.2) is 42.6 Å². The van der Waals surface area contributed by atoms with E-state index in [1.54, 1.807) is 13.2 Å². The third-order valence-corrected chi connectivity index (χ3v) is 5.19. The normalized spacial score (nSPS) is 14.3. The second kappa shape index (κ2) is 7.58. The van der Waals surface area contributed by atoms with E-state index in [9.17, 15) is 14.0 Å². The minimum Gasteiger partial charge on any atom is -0.368 e. The Bertz CT molecular complexity index is 1150. The van der Waals surface area contributed by atoms with E-state index < -0.39 is 23.7 Å². The van der Waals surface area contributed by atoms with Gasteiger partial charge >= 0.3 is 0 Å². The van der Waals surface area contributed by atoms with Crippen LogP contribution in [0.2, 0.25) is 0 Å². The maximum absolute atomic E-state index is 14.8. The van der Waals surface area contributed by atoms with E-state index in [4.69, 9.17) is 11.5 Å². The highest BCUT2D eigenvalue weighted by atomic mass is 19.1. The Balaban J connectivity index is 1.74. The number of nitrogens with zero attached hydrogens (tertiary/aromatic N) is 3. The van der Waals surface area contributed by atoms with Crippen molar-refractivity contribution < 1.29 is 14.0 Å². The van der Waals surface area contributed by atoms with Crippen molar-refractivity contribution in [2.24, 2.45) is 17.4 Å². The number of nitrogens with one attached hydrogen (secondary N) is 1. The van der Waals surface area contributed by atoms with Crippen LogP contribution >= 0.6 is 0 Å². The standard InChI is InChI=1S/C21H21FN6O2/c1-28(17(19(24)30)11-6-7-11)21-15(22)9-14(18(23)29)20(27-21)26-13-8-12-4-2-3-5-16(12)25-10-13/h2-5,8-11,17H,6-7H2,1H3,(H2,23,29)(H2,24,30)(H,26,27)/t17-/m1/s1. The molecule has 9 heteroatoms. The third kappa shape index (κ3) is 3.73. The number of halogens is 1. The molecule has 0 unspecified atom stereocenters. The van der Waals surface area contributed by atoms with E-state index in [1.807, 2.05) is 30.3 Å². The molecule has 0 saturated heterocycles. The first-order valence-corrected chi connectivity index (χ1v) is 9.49. The maximum Gasteiger partial charge on any atom is 0.252 e. The zero-order chi connectivity index (χ0) is 21.4. The van der Waals surface area contributed by atoms with Crippen LogP contribution < -0.4 is 21.7 Å². The number of primary amides is 2. The summed E-state index contributed by atoms with van der Waals surface area (Å²) >= 11 is 0. The molecule has 0 bridgehead atoms. The van der Waals surface area contributed by atoms with Crippen molar-refractivity contribution in [3.63, 3.8) is 0 Å². The molecule has 0 radical (unpaired) electrons. The summed E-state index contributed by atoms with van der Waals surface area (Å²) in [6.45, 7) is 0. The van der Waals surface area contributed by atoms with Gasteiger partial charge in [0, 0.05) is 12.4 Å². The monoisotopic (exact) mass is 408 g/mol. The second-order valence-corrected chi connectivity index (χ2v) is 7.39. The van der Waals surface area contributed by atoms with Crippen molar-refractivity contribution in [2.45, 2.75) is 18.9 Å². The first-order valence-electron chi connectivity index (χ1n) is 9.49. The Kier molecular flexibility index (Phi) is 4.94. The van der Waals surface area contributed by atoms with Crippen molar-refractivity contribution >= 4 is 40.0 Å². The summed E-state index contributed by atoms with van der Waals surface area (Å²) < 4.78 is 14.8. The number of aromatic nitrogens is 2. The molecule has 1 atom stereocenters. The minimum absolute atomic E-state index is 0.0608. The Hall–Kier alpha value is -3.75. The van der Waals surface area contributed by atoms with E-state index in [0.717, 1.165) is 29.8 Å². The number of nitrogens with two attached hydrogens (primary N) is 2. The lowest BCUT2D eigenvalue weighted by molar-refractivity contribution is -0.119. The van der Waals surface area contributed by atoms with Gasteiger partial charge in [-0.1, -0.05) is 18.2 Å². The van der Waals surface area contributed by atoms with Gasteiger partial charge in [0.2, 0.25) is 5.91 Å². The van der Waals surface area contributed by atoms with Gasteiger partial charge in [0.1, 0.15) is 11.9 Å². The molecule has 1 aliphatic rings. The summed E-state index contributed by atoms with van der Waals surface area (Å²) in [6.07, 6.45) is 3.26. The molecule has 1 aromatic carbocycles. The molecule has 0 spiro atoms. The van der Waals surface area contributed by atoms with Crippen molar-refractivity contribution in [3.05, 3.63) is 54.0 Å². The largest absolute Gasteiger partial charge is 0.368 e. The molecule has 1 aliphatic carbocycles. The molecular weight excluding hydrogens is 387 g/mol. The fraction of sp³-hybridized carbons (Fsp3) is 0.238. The highest BCUT2D eigenvalue weighted by Gasteiger charge is 2.39. The highest BCUT2D eigenvalue weighted by molar-refractivity contribution is 5.99. The molecular formula is C21H21FN6O2. The molecule has 1 fully saturated rings. The number of anilines is 3. The topological polar surface area (TPSA) is 127 Å². The molecule has 4 rings (SSSR count). The molecule has 8 nitrogen and oxygen atoms in total. The van der Waals surface area contributed by atoms with E-state index in [-0.39, 0.29) is 23.1 Å². The Labute approximate surface area is 172 Å². The third-order valence-electron chi connectivity index (χ3n) is 5.19. The first kappa shape index (κ1) is 19.6. The van der Waals surface area contributed by atoms with Crippen LogP contribution in [-0.4, -0.2) is 34.9 Å². The van der Waals surface area contributed by atoms with E-state index >= 15 is 0 Å². The zero-order valence-electron chi connectivity index (χ0n) is 16.3. The van der Waals surface area contributed by atoms with Crippen LogP contribution in [0.3, 0.4) is 0 Å². The van der Waals surface area contributed by atoms with Gasteiger partial charge in [0.15, 0.2) is 11.6 Å². The van der Waals surface area contributed by atoms with Gasteiger partial charge in [-0.05, 0) is 37.0 Å². The molecule has 0 aliphatic heterocycles. The van der Waals surface area contributed by atoms with Gasteiger partial charge in [-0.3, -0.25) is 14.6 Å². The molecule has 1 saturated carbocycles. The van der Waals surface area contributed by atoms with Crippen LogP contribution in [0.25, 0.3) is 10.9 Å². The molecule has 5 N–H and O–H groups in total. The number of carbonyl (C=O) groups excluding carboxylic acids is 2. The van der Waals surface area contributed by atoms with E-state index in [0.29, 0.717) is 5.69 Å². The number of fused-ring (bicyclic) bond motifs is 1. The maximum atomic E-state index is 14.8. The molecule has 2 heterocycles. The number of rotatable bonds is 7. The average Bonchev–Trinajstić information content (AvgIpc) is 3.53. The summed E-state index contributed by atoms with van der Waals surface area (Å²) in [5, 5.41) is 3.88. The summed E-state index contributed by atoms with van der Waals surface area (Å²) in [5.41, 5.74) is 12.2. The van der Waals surface area contributed by atoms with Crippen LogP contribution in [0.5, 0.6) is 0 Å².